The Kier molecular flexibility index (Phi) is 3.71. The predicted molar refractivity (Wildman–Crippen MR) is 65.9 cm³/mol. The fraction of sp³-hybridized carbons (Fsp3) is 1.00. The summed E-state index contributed by atoms with van der Waals surface area (Å²) in [5.74, 6) is 4.02. The second kappa shape index (κ2) is 4.86. The lowest BCUT2D eigenvalue weighted by molar-refractivity contribution is 0.0612. The summed E-state index contributed by atoms with van der Waals surface area (Å²) in [4.78, 5) is 0. The van der Waals surface area contributed by atoms with Crippen LogP contribution in [0.4, 0.5) is 0 Å². The van der Waals surface area contributed by atoms with Crippen molar-refractivity contribution in [2.24, 2.45) is 23.7 Å². The predicted octanol–water partition coefficient (Wildman–Crippen LogP) is 3.45. The van der Waals surface area contributed by atoms with E-state index in [1.54, 1.807) is 0 Å². The quantitative estimate of drug-likeness (QED) is 0.750. The molecule has 3 atom stereocenters. The second-order valence-electron chi connectivity index (χ2n) is 6.06. The Balaban J connectivity index is 1.98. The molecule has 2 saturated carbocycles. The van der Waals surface area contributed by atoms with Gasteiger partial charge in [0.2, 0.25) is 0 Å². The fourth-order valence-electron chi connectivity index (χ4n) is 3.73. The fourth-order valence-corrected chi connectivity index (χ4v) is 3.73. The average molecular weight is 209 g/mol. The standard InChI is InChI=1S/C14H27N/c1-10(2)13-8-7-12(15-3)9-14(13)11-5-4-6-11/h10-15H,4-9H2,1-3H3. The SMILES string of the molecule is CNC1CCC(C(C)C)C(C2CCC2)C1. The van der Waals surface area contributed by atoms with Crippen LogP contribution in [0, 0.1) is 23.7 Å². The summed E-state index contributed by atoms with van der Waals surface area (Å²) >= 11 is 0. The van der Waals surface area contributed by atoms with Gasteiger partial charge >= 0.3 is 0 Å². The highest BCUT2D eigenvalue weighted by molar-refractivity contribution is 4.90. The monoisotopic (exact) mass is 209 g/mol. The molecule has 0 aromatic heterocycles. The summed E-state index contributed by atoms with van der Waals surface area (Å²) in [6.07, 6.45) is 8.85. The van der Waals surface area contributed by atoms with Crippen molar-refractivity contribution in [2.45, 2.75) is 58.4 Å². The van der Waals surface area contributed by atoms with Crippen LogP contribution in [-0.2, 0) is 0 Å². The molecule has 2 aliphatic rings. The topological polar surface area (TPSA) is 12.0 Å². The Labute approximate surface area is 95.0 Å². The van der Waals surface area contributed by atoms with Crippen molar-refractivity contribution in [1.29, 1.82) is 0 Å². The molecule has 3 unspecified atom stereocenters. The molecule has 0 saturated heterocycles. The second-order valence-corrected chi connectivity index (χ2v) is 6.06. The molecule has 0 bridgehead atoms. The summed E-state index contributed by atoms with van der Waals surface area (Å²) in [5.41, 5.74) is 0. The van der Waals surface area contributed by atoms with Gasteiger partial charge in [0.1, 0.15) is 0 Å². The van der Waals surface area contributed by atoms with Gasteiger partial charge in [-0.3, -0.25) is 0 Å². The minimum Gasteiger partial charge on any atom is -0.317 e. The van der Waals surface area contributed by atoms with Gasteiger partial charge < -0.3 is 5.32 Å². The van der Waals surface area contributed by atoms with Crippen molar-refractivity contribution in [2.75, 3.05) is 7.05 Å². The van der Waals surface area contributed by atoms with E-state index in [1.165, 1.54) is 38.5 Å². The van der Waals surface area contributed by atoms with Crippen molar-refractivity contribution in [3.05, 3.63) is 0 Å². The molecule has 2 rings (SSSR count). The molecule has 0 heterocycles. The Morgan fingerprint density at radius 3 is 2.27 bits per heavy atom. The van der Waals surface area contributed by atoms with E-state index in [9.17, 15) is 0 Å². The Hall–Kier alpha value is -0.0400. The third kappa shape index (κ3) is 2.38. The van der Waals surface area contributed by atoms with Crippen LogP contribution in [0.5, 0.6) is 0 Å². The van der Waals surface area contributed by atoms with E-state index in [1.807, 2.05) is 0 Å². The molecule has 2 aliphatic carbocycles. The maximum atomic E-state index is 3.50. The first-order chi connectivity index (χ1) is 7.22. The first-order valence-electron chi connectivity index (χ1n) is 6.89. The molecule has 0 spiro atoms. The van der Waals surface area contributed by atoms with Gasteiger partial charge in [-0.15, -0.1) is 0 Å². The normalized spacial score (nSPS) is 38.0. The summed E-state index contributed by atoms with van der Waals surface area (Å²) in [6.45, 7) is 4.85. The van der Waals surface area contributed by atoms with Crippen LogP contribution in [-0.4, -0.2) is 13.1 Å². The van der Waals surface area contributed by atoms with E-state index in [2.05, 4.69) is 26.2 Å². The van der Waals surface area contributed by atoms with Gasteiger partial charge in [0.15, 0.2) is 0 Å². The molecule has 1 nitrogen and oxygen atoms in total. The molecule has 88 valence electrons. The Bertz CT molecular complexity index is 196. The van der Waals surface area contributed by atoms with Gasteiger partial charge in [-0.25, -0.2) is 0 Å². The van der Waals surface area contributed by atoms with Crippen molar-refractivity contribution in [1.82, 2.24) is 5.32 Å². The number of hydrogen-bond acceptors (Lipinski definition) is 1. The van der Waals surface area contributed by atoms with Crippen LogP contribution < -0.4 is 5.32 Å². The number of rotatable bonds is 3. The zero-order valence-electron chi connectivity index (χ0n) is 10.6. The van der Waals surface area contributed by atoms with Crippen molar-refractivity contribution in [3.8, 4) is 0 Å². The van der Waals surface area contributed by atoms with Crippen LogP contribution >= 0.6 is 0 Å². The summed E-state index contributed by atoms with van der Waals surface area (Å²) in [6, 6.07) is 0.811. The van der Waals surface area contributed by atoms with E-state index in [0.29, 0.717) is 0 Å². The maximum absolute atomic E-state index is 3.50. The lowest BCUT2D eigenvalue weighted by atomic mass is 9.61. The molecule has 0 radical (unpaired) electrons. The molecule has 1 N–H and O–H groups in total. The lowest BCUT2D eigenvalue weighted by Crippen LogP contribution is -2.42. The molecule has 0 aromatic rings. The first-order valence-corrected chi connectivity index (χ1v) is 6.89. The van der Waals surface area contributed by atoms with Crippen LogP contribution in [0.15, 0.2) is 0 Å². The van der Waals surface area contributed by atoms with E-state index in [4.69, 9.17) is 0 Å². The highest BCUT2D eigenvalue weighted by Crippen LogP contribution is 2.46. The maximum Gasteiger partial charge on any atom is 0.00670 e. The molecule has 1 heteroatoms. The number of nitrogens with one attached hydrogen (secondary N) is 1. The summed E-state index contributed by atoms with van der Waals surface area (Å²) in [7, 11) is 2.14. The van der Waals surface area contributed by atoms with Crippen molar-refractivity contribution in [3.63, 3.8) is 0 Å². The molecular formula is C14H27N. The zero-order valence-corrected chi connectivity index (χ0v) is 10.6. The van der Waals surface area contributed by atoms with Crippen LogP contribution in [0.2, 0.25) is 0 Å². The highest BCUT2D eigenvalue weighted by atomic mass is 14.9. The summed E-state index contributed by atoms with van der Waals surface area (Å²) < 4.78 is 0. The molecule has 15 heavy (non-hydrogen) atoms. The highest BCUT2D eigenvalue weighted by Gasteiger charge is 2.38. The molecule has 0 aliphatic heterocycles. The van der Waals surface area contributed by atoms with E-state index < -0.39 is 0 Å². The van der Waals surface area contributed by atoms with Crippen LogP contribution in [0.1, 0.15) is 52.4 Å². The third-order valence-corrected chi connectivity index (χ3v) is 4.97. The summed E-state index contributed by atoms with van der Waals surface area (Å²) in [5, 5.41) is 3.50. The van der Waals surface area contributed by atoms with E-state index >= 15 is 0 Å². The minimum absolute atomic E-state index is 0.811. The van der Waals surface area contributed by atoms with Crippen LogP contribution in [0.3, 0.4) is 0 Å². The minimum atomic E-state index is 0.811. The van der Waals surface area contributed by atoms with Crippen molar-refractivity contribution < 1.29 is 0 Å². The lowest BCUT2D eigenvalue weighted by Gasteiger charge is -2.45. The molecule has 0 amide bonds. The smallest absolute Gasteiger partial charge is 0.00670 e. The average Bonchev–Trinajstić information content (AvgIpc) is 2.14. The first kappa shape index (κ1) is 11.4. The van der Waals surface area contributed by atoms with Gasteiger partial charge in [0.25, 0.3) is 0 Å². The Morgan fingerprint density at radius 2 is 1.80 bits per heavy atom. The van der Waals surface area contributed by atoms with Gasteiger partial charge in [0, 0.05) is 6.04 Å². The van der Waals surface area contributed by atoms with Gasteiger partial charge in [-0.1, -0.05) is 33.1 Å². The molecule has 0 aromatic carbocycles. The van der Waals surface area contributed by atoms with Gasteiger partial charge in [-0.05, 0) is 50.0 Å². The van der Waals surface area contributed by atoms with Gasteiger partial charge in [-0.2, -0.15) is 0 Å². The molecule has 2 fully saturated rings. The van der Waals surface area contributed by atoms with E-state index in [0.717, 1.165) is 29.7 Å². The van der Waals surface area contributed by atoms with E-state index in [-0.39, 0.29) is 0 Å². The molecular weight excluding hydrogens is 182 g/mol. The largest absolute Gasteiger partial charge is 0.317 e. The van der Waals surface area contributed by atoms with Crippen LogP contribution in [0.25, 0.3) is 0 Å². The number of hydrogen-bond donors (Lipinski definition) is 1. The third-order valence-electron chi connectivity index (χ3n) is 4.97. The van der Waals surface area contributed by atoms with Gasteiger partial charge in [0.05, 0.1) is 0 Å². The van der Waals surface area contributed by atoms with Crippen molar-refractivity contribution >= 4 is 0 Å². The Morgan fingerprint density at radius 1 is 1.07 bits per heavy atom. The zero-order chi connectivity index (χ0) is 10.8.